The largest absolute Gasteiger partial charge is 0.481 e. The second-order valence-corrected chi connectivity index (χ2v) is 6.02. The van der Waals surface area contributed by atoms with Gasteiger partial charge in [-0.25, -0.2) is 0 Å². The van der Waals surface area contributed by atoms with Gasteiger partial charge in [-0.1, -0.05) is 19.3 Å². The fourth-order valence-electron chi connectivity index (χ4n) is 2.93. The molecule has 1 aliphatic carbocycles. The Morgan fingerprint density at radius 3 is 2.24 bits per heavy atom. The zero-order valence-electron chi connectivity index (χ0n) is 11.2. The number of nitrogens with zero attached hydrogens (tertiary/aromatic N) is 1. The third-order valence-corrected chi connectivity index (χ3v) is 3.70. The van der Waals surface area contributed by atoms with Crippen molar-refractivity contribution in [1.29, 1.82) is 0 Å². The van der Waals surface area contributed by atoms with Crippen molar-refractivity contribution < 1.29 is 15.0 Å². The second kappa shape index (κ2) is 5.36. The molecule has 0 radical (unpaired) electrons. The molecule has 1 aliphatic rings. The van der Waals surface area contributed by atoms with Crippen molar-refractivity contribution >= 4 is 5.97 Å². The average Bonchev–Trinajstić information content (AvgIpc) is 2.15. The summed E-state index contributed by atoms with van der Waals surface area (Å²) in [5, 5.41) is 19.0. The van der Waals surface area contributed by atoms with Gasteiger partial charge < -0.3 is 10.2 Å². The van der Waals surface area contributed by atoms with Gasteiger partial charge in [0.15, 0.2) is 0 Å². The molecule has 1 fully saturated rings. The Balaban J connectivity index is 2.77. The summed E-state index contributed by atoms with van der Waals surface area (Å²) in [4.78, 5) is 13.1. The summed E-state index contributed by atoms with van der Waals surface area (Å²) in [6.07, 6.45) is 5.39. The van der Waals surface area contributed by atoms with Crippen LogP contribution in [0, 0.1) is 0 Å². The molecule has 2 N–H and O–H groups in total. The van der Waals surface area contributed by atoms with Gasteiger partial charge in [0, 0.05) is 12.1 Å². The topological polar surface area (TPSA) is 60.8 Å². The molecule has 1 rings (SSSR count). The van der Waals surface area contributed by atoms with Crippen LogP contribution in [0.2, 0.25) is 0 Å². The number of likely N-dealkylation sites (N-methyl/N-ethyl adjacent to an activating group) is 1. The molecule has 0 heterocycles. The maximum Gasteiger partial charge on any atom is 0.305 e. The Kier molecular flexibility index (Phi) is 4.55. The van der Waals surface area contributed by atoms with E-state index in [1.54, 1.807) is 13.8 Å². The van der Waals surface area contributed by atoms with Gasteiger partial charge in [-0.3, -0.25) is 9.69 Å². The van der Waals surface area contributed by atoms with E-state index in [1.807, 2.05) is 7.05 Å². The van der Waals surface area contributed by atoms with E-state index in [0.29, 0.717) is 6.54 Å². The van der Waals surface area contributed by atoms with E-state index >= 15 is 0 Å². The van der Waals surface area contributed by atoms with Gasteiger partial charge >= 0.3 is 5.97 Å². The summed E-state index contributed by atoms with van der Waals surface area (Å²) in [7, 11) is 1.94. The first-order valence-corrected chi connectivity index (χ1v) is 6.41. The van der Waals surface area contributed by atoms with E-state index in [2.05, 4.69) is 4.90 Å². The number of hydrogen-bond donors (Lipinski definition) is 2. The van der Waals surface area contributed by atoms with Gasteiger partial charge in [-0.05, 0) is 33.7 Å². The minimum absolute atomic E-state index is 0.180. The molecular formula is C13H25NO3. The summed E-state index contributed by atoms with van der Waals surface area (Å²) in [5.41, 5.74) is -1.04. The van der Waals surface area contributed by atoms with E-state index in [4.69, 9.17) is 5.11 Å². The molecule has 0 aromatic carbocycles. The Morgan fingerprint density at radius 1 is 1.29 bits per heavy atom. The smallest absolute Gasteiger partial charge is 0.305 e. The van der Waals surface area contributed by atoms with Crippen molar-refractivity contribution in [2.24, 2.45) is 0 Å². The summed E-state index contributed by atoms with van der Waals surface area (Å²) in [6, 6.07) is 0. The van der Waals surface area contributed by atoms with Crippen molar-refractivity contribution in [3.05, 3.63) is 0 Å². The zero-order chi connectivity index (χ0) is 13.1. The lowest BCUT2D eigenvalue weighted by Crippen LogP contribution is -2.53. The van der Waals surface area contributed by atoms with Crippen LogP contribution in [-0.2, 0) is 4.79 Å². The molecule has 0 bridgehead atoms. The van der Waals surface area contributed by atoms with Crippen LogP contribution in [0.3, 0.4) is 0 Å². The number of β-amino-alcohol motifs (C(OH)–C–C–N with tert-alkyl or cyclic N) is 1. The molecule has 0 atom stereocenters. The number of aliphatic carboxylic acids is 1. The molecule has 4 heteroatoms. The SMILES string of the molecule is CN(CC(C)(C)O)C1(CC(=O)O)CCCCC1. The monoisotopic (exact) mass is 243 g/mol. The van der Waals surface area contributed by atoms with Gasteiger partial charge in [0.25, 0.3) is 0 Å². The maximum absolute atomic E-state index is 11.1. The minimum Gasteiger partial charge on any atom is -0.481 e. The molecule has 0 unspecified atom stereocenters. The first-order valence-electron chi connectivity index (χ1n) is 6.41. The Bertz CT molecular complexity index is 264. The van der Waals surface area contributed by atoms with Crippen LogP contribution in [0.4, 0.5) is 0 Å². The van der Waals surface area contributed by atoms with Crippen LogP contribution >= 0.6 is 0 Å². The number of carboxylic acid groups (broad SMARTS) is 1. The lowest BCUT2D eigenvalue weighted by atomic mass is 9.77. The number of carbonyl (C=O) groups is 1. The molecule has 4 nitrogen and oxygen atoms in total. The maximum atomic E-state index is 11.1. The van der Waals surface area contributed by atoms with Crippen LogP contribution < -0.4 is 0 Å². The average molecular weight is 243 g/mol. The van der Waals surface area contributed by atoms with Crippen LogP contribution in [-0.4, -0.2) is 45.8 Å². The van der Waals surface area contributed by atoms with Crippen LogP contribution in [0.5, 0.6) is 0 Å². The Morgan fingerprint density at radius 2 is 1.82 bits per heavy atom. The number of rotatable bonds is 5. The Hall–Kier alpha value is -0.610. The molecule has 0 spiro atoms. The molecular weight excluding hydrogens is 218 g/mol. The van der Waals surface area contributed by atoms with E-state index in [-0.39, 0.29) is 12.0 Å². The summed E-state index contributed by atoms with van der Waals surface area (Å²) in [6.45, 7) is 4.04. The molecule has 0 saturated heterocycles. The van der Waals surface area contributed by atoms with Crippen molar-refractivity contribution in [1.82, 2.24) is 4.90 Å². The third kappa shape index (κ3) is 4.28. The van der Waals surface area contributed by atoms with Gasteiger partial charge in [-0.2, -0.15) is 0 Å². The molecule has 0 amide bonds. The second-order valence-electron chi connectivity index (χ2n) is 6.02. The first kappa shape index (κ1) is 14.5. The minimum atomic E-state index is -0.780. The third-order valence-electron chi connectivity index (χ3n) is 3.70. The molecule has 17 heavy (non-hydrogen) atoms. The summed E-state index contributed by atoms with van der Waals surface area (Å²) < 4.78 is 0. The van der Waals surface area contributed by atoms with Gasteiger partial charge in [0.2, 0.25) is 0 Å². The van der Waals surface area contributed by atoms with Crippen molar-refractivity contribution in [3.63, 3.8) is 0 Å². The van der Waals surface area contributed by atoms with Crippen LogP contribution in [0.1, 0.15) is 52.4 Å². The quantitative estimate of drug-likeness (QED) is 0.774. The Labute approximate surface area is 104 Å². The number of aliphatic hydroxyl groups is 1. The summed E-state index contributed by atoms with van der Waals surface area (Å²) >= 11 is 0. The number of hydrogen-bond acceptors (Lipinski definition) is 3. The van der Waals surface area contributed by atoms with Crippen molar-refractivity contribution in [2.45, 2.75) is 63.5 Å². The lowest BCUT2D eigenvalue weighted by Gasteiger charge is -2.45. The first-order chi connectivity index (χ1) is 7.75. The van der Waals surface area contributed by atoms with Crippen LogP contribution in [0.25, 0.3) is 0 Å². The van der Waals surface area contributed by atoms with Crippen LogP contribution in [0.15, 0.2) is 0 Å². The van der Waals surface area contributed by atoms with Gasteiger partial charge in [0.1, 0.15) is 0 Å². The highest BCUT2D eigenvalue weighted by Crippen LogP contribution is 2.36. The fourth-order valence-corrected chi connectivity index (χ4v) is 2.93. The van der Waals surface area contributed by atoms with E-state index in [9.17, 15) is 9.90 Å². The highest BCUT2D eigenvalue weighted by molar-refractivity contribution is 5.68. The van der Waals surface area contributed by atoms with E-state index in [1.165, 1.54) is 6.42 Å². The van der Waals surface area contributed by atoms with Gasteiger partial charge in [0.05, 0.1) is 12.0 Å². The van der Waals surface area contributed by atoms with Gasteiger partial charge in [-0.15, -0.1) is 0 Å². The molecule has 0 aromatic heterocycles. The zero-order valence-corrected chi connectivity index (χ0v) is 11.2. The fraction of sp³-hybridized carbons (Fsp3) is 0.923. The molecule has 1 saturated carbocycles. The molecule has 0 aliphatic heterocycles. The molecule has 100 valence electrons. The number of carboxylic acids is 1. The highest BCUT2D eigenvalue weighted by atomic mass is 16.4. The molecule has 0 aromatic rings. The predicted octanol–water partition coefficient (Wildman–Crippen LogP) is 1.87. The van der Waals surface area contributed by atoms with E-state index < -0.39 is 11.6 Å². The highest BCUT2D eigenvalue weighted by Gasteiger charge is 2.39. The normalized spacial score (nSPS) is 20.5. The predicted molar refractivity (Wildman–Crippen MR) is 67.0 cm³/mol. The van der Waals surface area contributed by atoms with Crippen molar-refractivity contribution in [2.75, 3.05) is 13.6 Å². The standard InChI is InChI=1S/C13H25NO3/c1-12(2,17)10-14(3)13(9-11(15)16)7-5-4-6-8-13/h17H,4-10H2,1-3H3,(H,15,16). The van der Waals surface area contributed by atoms with Crippen molar-refractivity contribution in [3.8, 4) is 0 Å². The summed E-state index contributed by atoms with van der Waals surface area (Å²) in [5.74, 6) is -0.741. The lowest BCUT2D eigenvalue weighted by molar-refractivity contribution is -0.141. The van der Waals surface area contributed by atoms with E-state index in [0.717, 1.165) is 25.7 Å².